The maximum absolute atomic E-state index is 9.32. The molecule has 0 aromatic carbocycles. The molecule has 2 aromatic rings. The molecule has 0 spiro atoms. The van der Waals surface area contributed by atoms with Crippen LogP contribution in [0.3, 0.4) is 0 Å². The predicted octanol–water partition coefficient (Wildman–Crippen LogP) is 3.28. The van der Waals surface area contributed by atoms with Crippen LogP contribution in [-0.4, -0.2) is 9.97 Å². The number of nitrogens with one attached hydrogen (secondary N) is 1. The fraction of sp³-hybridized carbons (Fsp3) is 0.312. The molecule has 2 aromatic heterocycles. The van der Waals surface area contributed by atoms with Gasteiger partial charge in [0.25, 0.3) is 0 Å². The maximum Gasteiger partial charge on any atom is 0.148 e. The van der Waals surface area contributed by atoms with Gasteiger partial charge in [-0.2, -0.15) is 5.26 Å². The molecule has 0 atom stereocenters. The molecule has 0 unspecified atom stereocenters. The van der Waals surface area contributed by atoms with Crippen molar-refractivity contribution in [3.8, 4) is 6.07 Å². The summed E-state index contributed by atoms with van der Waals surface area (Å²) in [6, 6.07) is 8.05. The van der Waals surface area contributed by atoms with Gasteiger partial charge in [0.05, 0.1) is 16.9 Å². The van der Waals surface area contributed by atoms with E-state index in [1.165, 1.54) is 18.4 Å². The van der Waals surface area contributed by atoms with Gasteiger partial charge in [-0.1, -0.05) is 0 Å². The number of nitriles is 1. The first-order valence-electron chi connectivity index (χ1n) is 6.89. The molecule has 3 rings (SSSR count). The highest BCUT2D eigenvalue weighted by atomic mass is 15.0. The second-order valence-electron chi connectivity index (χ2n) is 5.07. The van der Waals surface area contributed by atoms with Crippen LogP contribution in [0, 0.1) is 18.3 Å². The van der Waals surface area contributed by atoms with Crippen molar-refractivity contribution in [2.75, 3.05) is 5.32 Å². The normalized spacial score (nSPS) is 13.4. The Hall–Kier alpha value is -2.41. The van der Waals surface area contributed by atoms with Gasteiger partial charge in [-0.05, 0) is 56.4 Å². The van der Waals surface area contributed by atoms with E-state index in [9.17, 15) is 5.26 Å². The van der Waals surface area contributed by atoms with E-state index in [0.29, 0.717) is 11.4 Å². The standard InChI is InChI=1S/C16H16N4/c1-11-14(7-4-8-18-11)19-16-13(10-17)9-12-5-2-3-6-15(12)20-16/h4,7-9H,2-3,5-6H2,1H3,(H,19,20). The summed E-state index contributed by atoms with van der Waals surface area (Å²) in [5.41, 5.74) is 4.75. The summed E-state index contributed by atoms with van der Waals surface area (Å²) in [5.74, 6) is 0.643. The number of rotatable bonds is 2. The Bertz CT molecular complexity index is 685. The number of fused-ring (bicyclic) bond motifs is 1. The van der Waals surface area contributed by atoms with Crippen LogP contribution < -0.4 is 5.32 Å². The molecule has 20 heavy (non-hydrogen) atoms. The molecular formula is C16H16N4. The smallest absolute Gasteiger partial charge is 0.148 e. The number of nitrogens with zero attached hydrogens (tertiary/aromatic N) is 3. The SMILES string of the molecule is Cc1ncccc1Nc1nc2c(cc1C#N)CCCC2. The predicted molar refractivity (Wildman–Crippen MR) is 77.9 cm³/mol. The zero-order chi connectivity index (χ0) is 13.9. The van der Waals surface area contributed by atoms with Crippen LogP contribution >= 0.6 is 0 Å². The molecule has 1 aliphatic rings. The first-order valence-corrected chi connectivity index (χ1v) is 6.89. The minimum absolute atomic E-state index is 0.605. The van der Waals surface area contributed by atoms with Gasteiger partial charge in [-0.25, -0.2) is 4.98 Å². The number of hydrogen-bond donors (Lipinski definition) is 1. The van der Waals surface area contributed by atoms with Crippen LogP contribution in [-0.2, 0) is 12.8 Å². The van der Waals surface area contributed by atoms with Gasteiger partial charge < -0.3 is 5.32 Å². The molecule has 100 valence electrons. The highest BCUT2D eigenvalue weighted by molar-refractivity contribution is 5.65. The Morgan fingerprint density at radius 1 is 1.30 bits per heavy atom. The summed E-state index contributed by atoms with van der Waals surface area (Å²) in [6.45, 7) is 1.94. The second kappa shape index (κ2) is 5.30. The van der Waals surface area contributed by atoms with Gasteiger partial charge in [0.2, 0.25) is 0 Å². The number of hydrogen-bond acceptors (Lipinski definition) is 4. The Morgan fingerprint density at radius 3 is 2.95 bits per heavy atom. The van der Waals surface area contributed by atoms with E-state index < -0.39 is 0 Å². The maximum atomic E-state index is 9.32. The fourth-order valence-corrected chi connectivity index (χ4v) is 2.56. The second-order valence-corrected chi connectivity index (χ2v) is 5.07. The summed E-state index contributed by atoms with van der Waals surface area (Å²) < 4.78 is 0. The van der Waals surface area contributed by atoms with Crippen molar-refractivity contribution in [2.24, 2.45) is 0 Å². The Balaban J connectivity index is 2.01. The largest absolute Gasteiger partial charge is 0.338 e. The van der Waals surface area contributed by atoms with Gasteiger partial charge in [0, 0.05) is 11.9 Å². The van der Waals surface area contributed by atoms with E-state index in [1.54, 1.807) is 6.20 Å². The first kappa shape index (κ1) is 12.6. The van der Waals surface area contributed by atoms with Gasteiger partial charge >= 0.3 is 0 Å². The molecule has 0 amide bonds. The minimum Gasteiger partial charge on any atom is -0.338 e. The molecule has 4 nitrogen and oxygen atoms in total. The zero-order valence-corrected chi connectivity index (χ0v) is 11.5. The molecule has 0 bridgehead atoms. The van der Waals surface area contributed by atoms with Crippen LogP contribution in [0.4, 0.5) is 11.5 Å². The lowest BCUT2D eigenvalue weighted by molar-refractivity contribution is 0.668. The summed E-state index contributed by atoms with van der Waals surface area (Å²) >= 11 is 0. The number of pyridine rings is 2. The quantitative estimate of drug-likeness (QED) is 0.904. The van der Waals surface area contributed by atoms with E-state index in [2.05, 4.69) is 21.4 Å². The third-order valence-corrected chi connectivity index (χ3v) is 3.68. The van der Waals surface area contributed by atoms with Crippen molar-refractivity contribution in [3.63, 3.8) is 0 Å². The third kappa shape index (κ3) is 2.35. The number of aromatic nitrogens is 2. The highest BCUT2D eigenvalue weighted by Gasteiger charge is 2.15. The van der Waals surface area contributed by atoms with Crippen LogP contribution in [0.5, 0.6) is 0 Å². The summed E-state index contributed by atoms with van der Waals surface area (Å²) in [4.78, 5) is 8.90. The lowest BCUT2D eigenvalue weighted by Gasteiger charge is -2.17. The Kier molecular flexibility index (Phi) is 3.34. The Morgan fingerprint density at radius 2 is 2.15 bits per heavy atom. The molecule has 1 aliphatic carbocycles. The average Bonchev–Trinajstić information content (AvgIpc) is 2.49. The monoisotopic (exact) mass is 264 g/mol. The zero-order valence-electron chi connectivity index (χ0n) is 11.5. The Labute approximate surface area is 118 Å². The molecular weight excluding hydrogens is 248 g/mol. The average molecular weight is 264 g/mol. The van der Waals surface area contributed by atoms with E-state index in [4.69, 9.17) is 0 Å². The first-order chi connectivity index (χ1) is 9.78. The molecule has 0 saturated heterocycles. The van der Waals surface area contributed by atoms with E-state index in [1.807, 2.05) is 25.1 Å². The molecule has 0 saturated carbocycles. The lowest BCUT2D eigenvalue weighted by Crippen LogP contribution is -2.09. The van der Waals surface area contributed by atoms with Crippen molar-refractivity contribution in [1.29, 1.82) is 5.26 Å². The fourth-order valence-electron chi connectivity index (χ4n) is 2.56. The van der Waals surface area contributed by atoms with Gasteiger partial charge in [-0.3, -0.25) is 4.98 Å². The molecule has 0 aliphatic heterocycles. The van der Waals surface area contributed by atoms with Crippen molar-refractivity contribution in [3.05, 3.63) is 46.9 Å². The van der Waals surface area contributed by atoms with E-state index in [-0.39, 0.29) is 0 Å². The van der Waals surface area contributed by atoms with Crippen molar-refractivity contribution in [2.45, 2.75) is 32.6 Å². The van der Waals surface area contributed by atoms with Crippen LogP contribution in [0.2, 0.25) is 0 Å². The molecule has 0 fully saturated rings. The number of aryl methyl sites for hydroxylation is 3. The van der Waals surface area contributed by atoms with Crippen LogP contribution in [0.1, 0.15) is 35.4 Å². The van der Waals surface area contributed by atoms with Gasteiger partial charge in [-0.15, -0.1) is 0 Å². The van der Waals surface area contributed by atoms with E-state index >= 15 is 0 Å². The summed E-state index contributed by atoms with van der Waals surface area (Å²) in [7, 11) is 0. The lowest BCUT2D eigenvalue weighted by atomic mass is 9.95. The van der Waals surface area contributed by atoms with Crippen molar-refractivity contribution >= 4 is 11.5 Å². The highest BCUT2D eigenvalue weighted by Crippen LogP contribution is 2.26. The van der Waals surface area contributed by atoms with Crippen molar-refractivity contribution in [1.82, 2.24) is 9.97 Å². The van der Waals surface area contributed by atoms with Gasteiger partial charge in [0.15, 0.2) is 0 Å². The van der Waals surface area contributed by atoms with Crippen LogP contribution in [0.25, 0.3) is 0 Å². The third-order valence-electron chi connectivity index (χ3n) is 3.68. The molecule has 1 N–H and O–H groups in total. The van der Waals surface area contributed by atoms with E-state index in [0.717, 1.165) is 29.9 Å². The van der Waals surface area contributed by atoms with Crippen LogP contribution in [0.15, 0.2) is 24.4 Å². The molecule has 2 heterocycles. The summed E-state index contributed by atoms with van der Waals surface area (Å²) in [6.07, 6.45) is 6.16. The summed E-state index contributed by atoms with van der Waals surface area (Å²) in [5, 5.41) is 12.6. The van der Waals surface area contributed by atoms with Gasteiger partial charge in [0.1, 0.15) is 11.9 Å². The number of anilines is 2. The molecule has 0 radical (unpaired) electrons. The van der Waals surface area contributed by atoms with Crippen molar-refractivity contribution < 1.29 is 0 Å². The topological polar surface area (TPSA) is 61.6 Å². The minimum atomic E-state index is 0.605. The molecule has 4 heteroatoms.